The van der Waals surface area contributed by atoms with E-state index in [1.165, 1.54) is 22.3 Å². The third kappa shape index (κ3) is 3.85. The Hall–Kier alpha value is -1.80. The summed E-state index contributed by atoms with van der Waals surface area (Å²) < 4.78 is 6.19. The van der Waals surface area contributed by atoms with Gasteiger partial charge in [0, 0.05) is 6.04 Å². The summed E-state index contributed by atoms with van der Waals surface area (Å²) in [7, 11) is 0. The van der Waals surface area contributed by atoms with Gasteiger partial charge in [-0.05, 0) is 68.0 Å². The van der Waals surface area contributed by atoms with E-state index in [1.54, 1.807) is 0 Å². The summed E-state index contributed by atoms with van der Waals surface area (Å²) in [5.74, 6) is 1.85. The highest BCUT2D eigenvalue weighted by Crippen LogP contribution is 2.31. The Labute approximate surface area is 127 Å². The molecule has 112 valence electrons. The van der Waals surface area contributed by atoms with Crippen LogP contribution in [-0.2, 0) is 6.42 Å². The topological polar surface area (TPSA) is 35.2 Å². The molecule has 0 aliphatic heterocycles. The van der Waals surface area contributed by atoms with E-state index in [-0.39, 0.29) is 6.04 Å². The van der Waals surface area contributed by atoms with Crippen LogP contribution in [0.5, 0.6) is 11.5 Å². The Morgan fingerprint density at radius 2 is 1.76 bits per heavy atom. The summed E-state index contributed by atoms with van der Waals surface area (Å²) in [4.78, 5) is 0. The van der Waals surface area contributed by atoms with Gasteiger partial charge in [-0.3, -0.25) is 0 Å². The van der Waals surface area contributed by atoms with Crippen LogP contribution in [0.4, 0.5) is 0 Å². The van der Waals surface area contributed by atoms with Crippen LogP contribution in [0.25, 0.3) is 0 Å². The van der Waals surface area contributed by atoms with Gasteiger partial charge in [-0.1, -0.05) is 31.2 Å². The molecule has 2 heteroatoms. The summed E-state index contributed by atoms with van der Waals surface area (Å²) in [6, 6.07) is 12.6. The zero-order valence-electron chi connectivity index (χ0n) is 13.4. The lowest BCUT2D eigenvalue weighted by Crippen LogP contribution is -2.21. The largest absolute Gasteiger partial charge is 0.457 e. The van der Waals surface area contributed by atoms with Gasteiger partial charge in [-0.2, -0.15) is 0 Å². The highest BCUT2D eigenvalue weighted by Gasteiger charge is 2.10. The molecule has 2 aromatic carbocycles. The second-order valence-corrected chi connectivity index (χ2v) is 5.79. The maximum absolute atomic E-state index is 6.19. The fourth-order valence-corrected chi connectivity index (χ4v) is 2.42. The van der Waals surface area contributed by atoms with Crippen LogP contribution >= 0.6 is 0 Å². The van der Waals surface area contributed by atoms with Crippen LogP contribution in [0.1, 0.15) is 35.6 Å². The minimum Gasteiger partial charge on any atom is -0.457 e. The first-order chi connectivity index (χ1) is 10.0. The van der Waals surface area contributed by atoms with Crippen molar-refractivity contribution in [3.63, 3.8) is 0 Å². The maximum atomic E-state index is 6.19. The van der Waals surface area contributed by atoms with E-state index >= 15 is 0 Å². The summed E-state index contributed by atoms with van der Waals surface area (Å²) in [6.45, 7) is 8.43. The normalized spacial score (nSPS) is 12.2. The van der Waals surface area contributed by atoms with Crippen molar-refractivity contribution in [2.75, 3.05) is 0 Å². The first-order valence-corrected chi connectivity index (χ1v) is 7.60. The van der Waals surface area contributed by atoms with E-state index < -0.39 is 0 Å². The zero-order valence-corrected chi connectivity index (χ0v) is 13.4. The van der Waals surface area contributed by atoms with Crippen LogP contribution in [0.2, 0.25) is 0 Å². The molecule has 0 aromatic heterocycles. The van der Waals surface area contributed by atoms with Gasteiger partial charge in [0.2, 0.25) is 0 Å². The molecule has 2 aromatic rings. The van der Waals surface area contributed by atoms with Crippen LogP contribution in [0, 0.1) is 20.8 Å². The molecule has 0 radical (unpaired) electrons. The highest BCUT2D eigenvalue weighted by molar-refractivity contribution is 5.46. The molecule has 0 heterocycles. The highest BCUT2D eigenvalue weighted by atomic mass is 16.5. The van der Waals surface area contributed by atoms with E-state index in [2.05, 4.69) is 45.9 Å². The molecule has 0 aliphatic carbocycles. The van der Waals surface area contributed by atoms with E-state index in [0.717, 1.165) is 24.3 Å². The average Bonchev–Trinajstić information content (AvgIpc) is 2.46. The zero-order chi connectivity index (χ0) is 15.4. The Kier molecular flexibility index (Phi) is 5.03. The van der Waals surface area contributed by atoms with Crippen LogP contribution < -0.4 is 10.5 Å². The summed E-state index contributed by atoms with van der Waals surface area (Å²) in [5, 5.41) is 0. The number of aryl methyl sites for hydroxylation is 2. The quantitative estimate of drug-likeness (QED) is 0.864. The lowest BCUT2D eigenvalue weighted by Gasteiger charge is -2.16. The van der Waals surface area contributed by atoms with Crippen molar-refractivity contribution in [3.05, 3.63) is 58.7 Å². The molecular formula is C19H25NO. The van der Waals surface area contributed by atoms with Gasteiger partial charge in [0.25, 0.3) is 0 Å². The smallest absolute Gasteiger partial charge is 0.130 e. The standard InChI is InChI=1S/C19H25NO/c1-5-17(20)12-16-8-6-7-9-18(16)21-19-11-13(2)10-14(3)15(19)4/h6-11,17H,5,12,20H2,1-4H3. The predicted molar refractivity (Wildman–Crippen MR) is 89.1 cm³/mol. The molecule has 2 rings (SSSR count). The van der Waals surface area contributed by atoms with Crippen molar-refractivity contribution in [2.24, 2.45) is 5.73 Å². The molecule has 2 nitrogen and oxygen atoms in total. The lowest BCUT2D eigenvalue weighted by molar-refractivity contribution is 0.468. The summed E-state index contributed by atoms with van der Waals surface area (Å²) in [6.07, 6.45) is 1.81. The average molecular weight is 283 g/mol. The Morgan fingerprint density at radius 1 is 1.05 bits per heavy atom. The molecule has 0 amide bonds. The molecule has 21 heavy (non-hydrogen) atoms. The van der Waals surface area contributed by atoms with Gasteiger partial charge in [0.15, 0.2) is 0 Å². The number of nitrogens with two attached hydrogens (primary N) is 1. The Balaban J connectivity index is 2.32. The van der Waals surface area contributed by atoms with Crippen LogP contribution in [0.3, 0.4) is 0 Å². The molecule has 0 aliphatic rings. The van der Waals surface area contributed by atoms with Crippen molar-refractivity contribution in [3.8, 4) is 11.5 Å². The van der Waals surface area contributed by atoms with Crippen molar-refractivity contribution < 1.29 is 4.74 Å². The molecule has 2 N–H and O–H groups in total. The molecule has 0 bridgehead atoms. The minimum absolute atomic E-state index is 0.176. The van der Waals surface area contributed by atoms with Crippen molar-refractivity contribution in [1.29, 1.82) is 0 Å². The third-order valence-corrected chi connectivity index (χ3v) is 3.96. The second kappa shape index (κ2) is 6.77. The SMILES string of the molecule is CCC(N)Cc1ccccc1Oc1cc(C)cc(C)c1C. The Morgan fingerprint density at radius 3 is 2.48 bits per heavy atom. The molecule has 0 spiro atoms. The van der Waals surface area contributed by atoms with Crippen LogP contribution in [0.15, 0.2) is 36.4 Å². The first kappa shape index (κ1) is 15.6. The van der Waals surface area contributed by atoms with Gasteiger partial charge in [0.1, 0.15) is 11.5 Å². The number of ether oxygens (including phenoxy) is 1. The lowest BCUT2D eigenvalue weighted by atomic mass is 10.0. The van der Waals surface area contributed by atoms with E-state index in [9.17, 15) is 0 Å². The predicted octanol–water partition coefficient (Wildman–Crippen LogP) is 4.68. The fraction of sp³-hybridized carbons (Fsp3) is 0.368. The molecule has 0 saturated heterocycles. The van der Waals surface area contributed by atoms with Crippen LogP contribution in [-0.4, -0.2) is 6.04 Å². The number of hydrogen-bond acceptors (Lipinski definition) is 2. The number of benzene rings is 2. The number of para-hydroxylation sites is 1. The maximum Gasteiger partial charge on any atom is 0.130 e. The van der Waals surface area contributed by atoms with Crippen molar-refractivity contribution in [2.45, 2.75) is 46.6 Å². The van der Waals surface area contributed by atoms with Gasteiger partial charge in [0.05, 0.1) is 0 Å². The van der Waals surface area contributed by atoms with Gasteiger partial charge >= 0.3 is 0 Å². The van der Waals surface area contributed by atoms with Gasteiger partial charge < -0.3 is 10.5 Å². The van der Waals surface area contributed by atoms with E-state index in [4.69, 9.17) is 10.5 Å². The first-order valence-electron chi connectivity index (χ1n) is 7.60. The second-order valence-electron chi connectivity index (χ2n) is 5.79. The Bertz CT molecular complexity index is 619. The molecule has 1 atom stereocenters. The van der Waals surface area contributed by atoms with Crippen molar-refractivity contribution in [1.82, 2.24) is 0 Å². The van der Waals surface area contributed by atoms with E-state index in [1.807, 2.05) is 18.2 Å². The summed E-state index contributed by atoms with van der Waals surface area (Å²) >= 11 is 0. The summed E-state index contributed by atoms with van der Waals surface area (Å²) in [5.41, 5.74) is 10.9. The van der Waals surface area contributed by atoms with Crippen molar-refractivity contribution >= 4 is 0 Å². The van der Waals surface area contributed by atoms with Gasteiger partial charge in [-0.15, -0.1) is 0 Å². The molecule has 0 saturated carbocycles. The number of rotatable bonds is 5. The van der Waals surface area contributed by atoms with Gasteiger partial charge in [-0.25, -0.2) is 0 Å². The molecule has 1 unspecified atom stereocenters. The fourth-order valence-electron chi connectivity index (χ4n) is 2.42. The molecular weight excluding hydrogens is 258 g/mol. The van der Waals surface area contributed by atoms with E-state index in [0.29, 0.717) is 0 Å². The minimum atomic E-state index is 0.176. The monoisotopic (exact) mass is 283 g/mol. The molecule has 0 fully saturated rings. The third-order valence-electron chi connectivity index (χ3n) is 3.96. The number of hydrogen-bond donors (Lipinski definition) is 1.